The Morgan fingerprint density at radius 2 is 2.07 bits per heavy atom. The first-order valence-electron chi connectivity index (χ1n) is 9.16. The predicted molar refractivity (Wildman–Crippen MR) is 99.3 cm³/mol. The highest BCUT2D eigenvalue weighted by molar-refractivity contribution is 5.95. The number of fused-ring (bicyclic) bond motifs is 1. The Bertz CT molecular complexity index is 822. The summed E-state index contributed by atoms with van der Waals surface area (Å²) in [6.07, 6.45) is 1.91. The van der Waals surface area contributed by atoms with Crippen LogP contribution in [-0.4, -0.2) is 43.9 Å². The van der Waals surface area contributed by atoms with Gasteiger partial charge in [-0.25, -0.2) is 0 Å². The molecule has 0 saturated carbocycles. The first kappa shape index (κ1) is 17.7. The van der Waals surface area contributed by atoms with Gasteiger partial charge >= 0.3 is 0 Å². The molecule has 2 aromatic carbocycles. The lowest BCUT2D eigenvalue weighted by Gasteiger charge is -2.32. The van der Waals surface area contributed by atoms with Gasteiger partial charge in [-0.3, -0.25) is 4.79 Å². The van der Waals surface area contributed by atoms with Crippen molar-refractivity contribution in [3.05, 3.63) is 53.6 Å². The molecule has 2 aromatic rings. The maximum absolute atomic E-state index is 12.9. The van der Waals surface area contributed by atoms with Crippen LogP contribution in [0.2, 0.25) is 0 Å². The van der Waals surface area contributed by atoms with E-state index >= 15 is 0 Å². The van der Waals surface area contributed by atoms with E-state index in [2.05, 4.69) is 0 Å². The van der Waals surface area contributed by atoms with E-state index in [1.54, 1.807) is 25.3 Å². The molecule has 0 aliphatic carbocycles. The standard InChI is InChI=1S/C21H23NO5/c1-24-17-5-2-4-15(10-17)13-25-18-6-3-9-22(12-18)21(23)16-7-8-19-20(11-16)27-14-26-19/h2,4-5,7-8,10-11,18H,3,6,9,12-14H2,1H3. The van der Waals surface area contributed by atoms with Crippen LogP contribution >= 0.6 is 0 Å². The first-order chi connectivity index (χ1) is 13.2. The number of benzene rings is 2. The Labute approximate surface area is 158 Å². The van der Waals surface area contributed by atoms with Crippen LogP contribution in [0, 0.1) is 0 Å². The number of ether oxygens (including phenoxy) is 4. The van der Waals surface area contributed by atoms with Crippen molar-refractivity contribution in [3.63, 3.8) is 0 Å². The third kappa shape index (κ3) is 4.01. The molecular weight excluding hydrogens is 346 g/mol. The van der Waals surface area contributed by atoms with E-state index in [0.717, 1.165) is 30.7 Å². The summed E-state index contributed by atoms with van der Waals surface area (Å²) in [5, 5.41) is 0. The number of piperidine rings is 1. The minimum atomic E-state index is 0.00276. The number of methoxy groups -OCH3 is 1. The van der Waals surface area contributed by atoms with Crippen LogP contribution in [0.5, 0.6) is 17.2 Å². The summed E-state index contributed by atoms with van der Waals surface area (Å²) in [5.74, 6) is 2.13. The van der Waals surface area contributed by atoms with Gasteiger partial charge < -0.3 is 23.8 Å². The number of amides is 1. The van der Waals surface area contributed by atoms with E-state index < -0.39 is 0 Å². The Hall–Kier alpha value is -2.73. The van der Waals surface area contributed by atoms with Gasteiger partial charge in [0.05, 0.1) is 19.8 Å². The number of carbonyl (C=O) groups is 1. The summed E-state index contributed by atoms with van der Waals surface area (Å²) in [6, 6.07) is 13.2. The molecule has 1 amide bonds. The lowest BCUT2D eigenvalue weighted by atomic mass is 10.1. The molecule has 2 aliphatic rings. The zero-order valence-electron chi connectivity index (χ0n) is 15.3. The van der Waals surface area contributed by atoms with E-state index in [1.165, 1.54) is 0 Å². The van der Waals surface area contributed by atoms with Crippen LogP contribution in [0.25, 0.3) is 0 Å². The summed E-state index contributed by atoms with van der Waals surface area (Å²) < 4.78 is 22.0. The monoisotopic (exact) mass is 369 g/mol. The smallest absolute Gasteiger partial charge is 0.254 e. The number of hydrogen-bond donors (Lipinski definition) is 0. The van der Waals surface area contributed by atoms with E-state index in [0.29, 0.717) is 30.2 Å². The third-order valence-corrected chi connectivity index (χ3v) is 4.90. The molecule has 0 bridgehead atoms. The molecule has 1 unspecified atom stereocenters. The van der Waals surface area contributed by atoms with Gasteiger partial charge in [0.25, 0.3) is 5.91 Å². The topological polar surface area (TPSA) is 57.2 Å². The molecule has 0 aromatic heterocycles. The van der Waals surface area contributed by atoms with Gasteiger partial charge in [0, 0.05) is 18.7 Å². The molecule has 2 heterocycles. The second kappa shape index (κ2) is 7.88. The summed E-state index contributed by atoms with van der Waals surface area (Å²) >= 11 is 0. The number of nitrogens with zero attached hydrogens (tertiary/aromatic N) is 1. The van der Waals surface area contributed by atoms with E-state index in [-0.39, 0.29) is 18.8 Å². The van der Waals surface area contributed by atoms with Gasteiger partial charge in [-0.1, -0.05) is 12.1 Å². The van der Waals surface area contributed by atoms with Crippen LogP contribution < -0.4 is 14.2 Å². The van der Waals surface area contributed by atoms with E-state index in [4.69, 9.17) is 18.9 Å². The fourth-order valence-electron chi connectivity index (χ4n) is 3.45. The molecule has 1 fully saturated rings. The molecular formula is C21H23NO5. The van der Waals surface area contributed by atoms with Gasteiger partial charge in [-0.15, -0.1) is 0 Å². The van der Waals surface area contributed by atoms with E-state index in [1.807, 2.05) is 29.2 Å². The van der Waals surface area contributed by atoms with Crippen molar-refractivity contribution in [2.75, 3.05) is 27.0 Å². The van der Waals surface area contributed by atoms with Gasteiger partial charge in [0.15, 0.2) is 11.5 Å². The normalized spacial score (nSPS) is 18.4. The molecule has 1 atom stereocenters. The molecule has 2 aliphatic heterocycles. The summed E-state index contributed by atoms with van der Waals surface area (Å²) in [5.41, 5.74) is 1.68. The third-order valence-electron chi connectivity index (χ3n) is 4.90. The fourth-order valence-corrected chi connectivity index (χ4v) is 3.45. The SMILES string of the molecule is COc1cccc(COC2CCCN(C(=O)c3ccc4c(c3)OCO4)C2)c1. The van der Waals surface area contributed by atoms with Gasteiger partial charge in [-0.05, 0) is 48.7 Å². The minimum Gasteiger partial charge on any atom is -0.497 e. The average molecular weight is 369 g/mol. The van der Waals surface area contributed by atoms with Crippen LogP contribution in [0.1, 0.15) is 28.8 Å². The lowest BCUT2D eigenvalue weighted by molar-refractivity contribution is -0.00677. The molecule has 27 heavy (non-hydrogen) atoms. The van der Waals surface area contributed by atoms with Crippen LogP contribution in [-0.2, 0) is 11.3 Å². The van der Waals surface area contributed by atoms with Crippen molar-refractivity contribution in [3.8, 4) is 17.2 Å². The zero-order chi connectivity index (χ0) is 18.6. The maximum atomic E-state index is 12.9. The molecule has 6 nitrogen and oxygen atoms in total. The molecule has 4 rings (SSSR count). The van der Waals surface area contributed by atoms with Crippen molar-refractivity contribution in [2.24, 2.45) is 0 Å². The number of hydrogen-bond acceptors (Lipinski definition) is 5. The predicted octanol–water partition coefficient (Wildman–Crippen LogP) is 3.25. The number of carbonyl (C=O) groups excluding carboxylic acids is 1. The van der Waals surface area contributed by atoms with Crippen molar-refractivity contribution in [2.45, 2.75) is 25.6 Å². The molecule has 6 heteroatoms. The molecule has 0 radical (unpaired) electrons. The Morgan fingerprint density at radius 1 is 1.19 bits per heavy atom. The van der Waals surface area contributed by atoms with Crippen molar-refractivity contribution in [1.82, 2.24) is 4.90 Å². The molecule has 0 N–H and O–H groups in total. The maximum Gasteiger partial charge on any atom is 0.254 e. The zero-order valence-corrected chi connectivity index (χ0v) is 15.3. The largest absolute Gasteiger partial charge is 0.497 e. The highest BCUT2D eigenvalue weighted by atomic mass is 16.7. The van der Waals surface area contributed by atoms with Crippen LogP contribution in [0.3, 0.4) is 0 Å². The molecule has 1 saturated heterocycles. The van der Waals surface area contributed by atoms with Crippen molar-refractivity contribution in [1.29, 1.82) is 0 Å². The molecule has 142 valence electrons. The number of rotatable bonds is 5. The van der Waals surface area contributed by atoms with Crippen molar-refractivity contribution < 1.29 is 23.7 Å². The lowest BCUT2D eigenvalue weighted by Crippen LogP contribution is -2.43. The van der Waals surface area contributed by atoms with Crippen LogP contribution in [0.4, 0.5) is 0 Å². The summed E-state index contributed by atoms with van der Waals surface area (Å²) in [6.45, 7) is 2.05. The average Bonchev–Trinajstić information content (AvgIpc) is 3.20. The Balaban J connectivity index is 1.36. The second-order valence-corrected chi connectivity index (χ2v) is 6.75. The van der Waals surface area contributed by atoms with Gasteiger partial charge in [0.1, 0.15) is 5.75 Å². The summed E-state index contributed by atoms with van der Waals surface area (Å²) in [7, 11) is 1.65. The van der Waals surface area contributed by atoms with Gasteiger partial charge in [0.2, 0.25) is 6.79 Å². The van der Waals surface area contributed by atoms with Gasteiger partial charge in [-0.2, -0.15) is 0 Å². The van der Waals surface area contributed by atoms with Crippen molar-refractivity contribution >= 4 is 5.91 Å². The molecule has 0 spiro atoms. The number of likely N-dealkylation sites (tertiary alicyclic amines) is 1. The first-order valence-corrected chi connectivity index (χ1v) is 9.16. The highest BCUT2D eigenvalue weighted by Crippen LogP contribution is 2.33. The second-order valence-electron chi connectivity index (χ2n) is 6.75. The quantitative estimate of drug-likeness (QED) is 0.810. The van der Waals surface area contributed by atoms with E-state index in [9.17, 15) is 4.79 Å². The highest BCUT2D eigenvalue weighted by Gasteiger charge is 2.26. The Morgan fingerprint density at radius 3 is 2.96 bits per heavy atom. The summed E-state index contributed by atoms with van der Waals surface area (Å²) in [4.78, 5) is 14.7. The van der Waals surface area contributed by atoms with Crippen LogP contribution in [0.15, 0.2) is 42.5 Å². The fraction of sp³-hybridized carbons (Fsp3) is 0.381. The Kier molecular flexibility index (Phi) is 5.16. The minimum absolute atomic E-state index is 0.00276.